The fraction of sp³-hybridized carbons (Fsp3) is 0.667. The van der Waals surface area contributed by atoms with Crippen molar-refractivity contribution in [1.82, 2.24) is 5.32 Å². The molecular formula is C18H27FN2. The predicted octanol–water partition coefficient (Wildman–Crippen LogP) is 3.95. The lowest BCUT2D eigenvalue weighted by molar-refractivity contribution is 0.423. The molecule has 0 radical (unpaired) electrons. The Labute approximate surface area is 127 Å². The summed E-state index contributed by atoms with van der Waals surface area (Å²) < 4.78 is 14.4. The van der Waals surface area contributed by atoms with Gasteiger partial charge in [0, 0.05) is 25.2 Å². The number of fused-ring (bicyclic) bond motifs is 1. The average Bonchev–Trinajstić information content (AvgIpc) is 2.96. The maximum Gasteiger partial charge on any atom is 0.146 e. The van der Waals surface area contributed by atoms with E-state index in [4.69, 9.17) is 0 Å². The summed E-state index contributed by atoms with van der Waals surface area (Å²) in [5.41, 5.74) is 1.87. The van der Waals surface area contributed by atoms with Crippen molar-refractivity contribution in [1.29, 1.82) is 0 Å². The Morgan fingerprint density at radius 2 is 1.86 bits per heavy atom. The van der Waals surface area contributed by atoms with Gasteiger partial charge in [-0.15, -0.1) is 0 Å². The minimum atomic E-state index is -0.0665. The fourth-order valence-corrected chi connectivity index (χ4v) is 3.72. The highest BCUT2D eigenvalue weighted by atomic mass is 19.1. The standard InChI is InChI=1S/C18H27FN2/c1-18(2,3)20-10-13-7-8-17(16(19)9-13)21-11-14-5-4-6-15(14)12-21/h7-9,14-15,20H,4-6,10-12H2,1-3H3. The molecule has 1 aliphatic carbocycles. The minimum Gasteiger partial charge on any atom is -0.369 e. The van der Waals surface area contributed by atoms with Crippen molar-refractivity contribution in [2.75, 3.05) is 18.0 Å². The molecule has 2 atom stereocenters. The summed E-state index contributed by atoms with van der Waals surface area (Å²) in [6.07, 6.45) is 4.02. The fourth-order valence-electron chi connectivity index (χ4n) is 3.72. The largest absolute Gasteiger partial charge is 0.369 e. The zero-order valence-electron chi connectivity index (χ0n) is 13.5. The topological polar surface area (TPSA) is 15.3 Å². The monoisotopic (exact) mass is 290 g/mol. The van der Waals surface area contributed by atoms with Gasteiger partial charge in [-0.3, -0.25) is 0 Å². The van der Waals surface area contributed by atoms with Crippen LogP contribution in [0.15, 0.2) is 18.2 Å². The van der Waals surface area contributed by atoms with E-state index >= 15 is 0 Å². The number of rotatable bonds is 3. The molecule has 1 saturated heterocycles. The first-order valence-corrected chi connectivity index (χ1v) is 8.21. The Morgan fingerprint density at radius 3 is 2.43 bits per heavy atom. The molecule has 0 aromatic heterocycles. The molecule has 1 aliphatic heterocycles. The Bertz CT molecular complexity index is 494. The van der Waals surface area contributed by atoms with Crippen LogP contribution >= 0.6 is 0 Å². The van der Waals surface area contributed by atoms with Gasteiger partial charge in [-0.25, -0.2) is 4.39 Å². The van der Waals surface area contributed by atoms with Crippen LogP contribution in [0, 0.1) is 17.7 Å². The lowest BCUT2D eigenvalue weighted by atomic mass is 10.0. The highest BCUT2D eigenvalue weighted by Gasteiger charge is 2.36. The van der Waals surface area contributed by atoms with Crippen LogP contribution in [0.25, 0.3) is 0 Å². The molecule has 2 unspecified atom stereocenters. The van der Waals surface area contributed by atoms with Gasteiger partial charge in [0.15, 0.2) is 0 Å². The lowest BCUT2D eigenvalue weighted by Crippen LogP contribution is -2.35. The number of halogens is 1. The molecule has 1 aromatic rings. The van der Waals surface area contributed by atoms with Crippen LogP contribution < -0.4 is 10.2 Å². The van der Waals surface area contributed by atoms with E-state index in [0.717, 1.165) is 36.2 Å². The molecule has 1 N–H and O–H groups in total. The van der Waals surface area contributed by atoms with E-state index in [2.05, 4.69) is 37.1 Å². The highest BCUT2D eigenvalue weighted by Crippen LogP contribution is 2.40. The normalized spacial score (nSPS) is 25.4. The van der Waals surface area contributed by atoms with Gasteiger partial charge in [0.1, 0.15) is 5.82 Å². The second-order valence-corrected chi connectivity index (χ2v) is 7.75. The van der Waals surface area contributed by atoms with Crippen LogP contribution in [0.3, 0.4) is 0 Å². The van der Waals surface area contributed by atoms with Crippen LogP contribution in [0.2, 0.25) is 0 Å². The van der Waals surface area contributed by atoms with Crippen LogP contribution in [-0.2, 0) is 6.54 Å². The van der Waals surface area contributed by atoms with E-state index < -0.39 is 0 Å². The van der Waals surface area contributed by atoms with Gasteiger partial charge < -0.3 is 10.2 Å². The quantitative estimate of drug-likeness (QED) is 0.906. The summed E-state index contributed by atoms with van der Waals surface area (Å²) in [5, 5.41) is 3.41. The molecule has 3 rings (SSSR count). The maximum absolute atomic E-state index is 14.4. The first-order valence-electron chi connectivity index (χ1n) is 8.21. The van der Waals surface area contributed by atoms with Crippen molar-refractivity contribution in [2.45, 2.75) is 52.1 Å². The van der Waals surface area contributed by atoms with Gasteiger partial charge in [0.25, 0.3) is 0 Å². The van der Waals surface area contributed by atoms with E-state index in [1.165, 1.54) is 19.3 Å². The van der Waals surface area contributed by atoms with Crippen LogP contribution in [0.5, 0.6) is 0 Å². The average molecular weight is 290 g/mol. The van der Waals surface area contributed by atoms with Gasteiger partial charge in [-0.2, -0.15) is 0 Å². The summed E-state index contributed by atoms with van der Waals surface area (Å²) in [7, 11) is 0. The van der Waals surface area contributed by atoms with Gasteiger partial charge >= 0.3 is 0 Å². The van der Waals surface area contributed by atoms with Crippen molar-refractivity contribution < 1.29 is 4.39 Å². The third kappa shape index (κ3) is 3.39. The third-order valence-electron chi connectivity index (χ3n) is 4.90. The molecule has 0 bridgehead atoms. The van der Waals surface area contributed by atoms with Gasteiger partial charge in [-0.1, -0.05) is 12.5 Å². The summed E-state index contributed by atoms with van der Waals surface area (Å²) in [6.45, 7) is 9.18. The highest BCUT2D eigenvalue weighted by molar-refractivity contribution is 5.50. The number of hydrogen-bond acceptors (Lipinski definition) is 2. The number of benzene rings is 1. The molecule has 21 heavy (non-hydrogen) atoms. The summed E-state index contributed by atoms with van der Waals surface area (Å²) in [5.74, 6) is 1.53. The van der Waals surface area contributed by atoms with E-state index in [0.29, 0.717) is 6.54 Å². The van der Waals surface area contributed by atoms with Crippen molar-refractivity contribution in [3.8, 4) is 0 Å². The van der Waals surface area contributed by atoms with Crippen LogP contribution in [-0.4, -0.2) is 18.6 Å². The van der Waals surface area contributed by atoms with Gasteiger partial charge in [0.2, 0.25) is 0 Å². The van der Waals surface area contributed by atoms with Gasteiger partial charge in [-0.05, 0) is 63.1 Å². The summed E-state index contributed by atoms with van der Waals surface area (Å²) in [6, 6.07) is 5.73. The van der Waals surface area contributed by atoms with E-state index in [1.807, 2.05) is 6.07 Å². The smallest absolute Gasteiger partial charge is 0.146 e. The van der Waals surface area contributed by atoms with Crippen LogP contribution in [0.1, 0.15) is 45.6 Å². The van der Waals surface area contributed by atoms with Crippen molar-refractivity contribution in [3.63, 3.8) is 0 Å². The molecule has 1 heterocycles. The Kier molecular flexibility index (Phi) is 3.96. The zero-order valence-corrected chi connectivity index (χ0v) is 13.5. The first kappa shape index (κ1) is 14.8. The second-order valence-electron chi connectivity index (χ2n) is 7.75. The zero-order chi connectivity index (χ0) is 15.0. The molecule has 1 saturated carbocycles. The van der Waals surface area contributed by atoms with Gasteiger partial charge in [0.05, 0.1) is 5.69 Å². The molecule has 116 valence electrons. The number of hydrogen-bond donors (Lipinski definition) is 1. The SMILES string of the molecule is CC(C)(C)NCc1ccc(N2CC3CCCC3C2)c(F)c1. The third-order valence-corrected chi connectivity index (χ3v) is 4.90. The van der Waals surface area contributed by atoms with E-state index in [9.17, 15) is 4.39 Å². The molecule has 2 nitrogen and oxygen atoms in total. The van der Waals surface area contributed by atoms with Crippen molar-refractivity contribution in [2.24, 2.45) is 11.8 Å². The minimum absolute atomic E-state index is 0.0571. The predicted molar refractivity (Wildman–Crippen MR) is 86.0 cm³/mol. The second kappa shape index (κ2) is 5.60. The first-order chi connectivity index (χ1) is 9.92. The number of nitrogens with one attached hydrogen (secondary N) is 1. The molecule has 0 amide bonds. The Morgan fingerprint density at radius 1 is 1.19 bits per heavy atom. The Balaban J connectivity index is 1.67. The lowest BCUT2D eigenvalue weighted by Gasteiger charge is -2.22. The number of anilines is 1. The number of nitrogens with zero attached hydrogens (tertiary/aromatic N) is 1. The molecule has 0 spiro atoms. The van der Waals surface area contributed by atoms with E-state index in [-0.39, 0.29) is 11.4 Å². The van der Waals surface area contributed by atoms with Crippen LogP contribution in [0.4, 0.5) is 10.1 Å². The molecular weight excluding hydrogens is 263 g/mol. The molecule has 2 fully saturated rings. The van der Waals surface area contributed by atoms with Crippen molar-refractivity contribution >= 4 is 5.69 Å². The van der Waals surface area contributed by atoms with Crippen molar-refractivity contribution in [3.05, 3.63) is 29.6 Å². The maximum atomic E-state index is 14.4. The molecule has 1 aromatic carbocycles. The summed E-state index contributed by atoms with van der Waals surface area (Å²) in [4.78, 5) is 2.25. The Hall–Kier alpha value is -1.09. The summed E-state index contributed by atoms with van der Waals surface area (Å²) >= 11 is 0. The molecule has 2 aliphatic rings. The van der Waals surface area contributed by atoms with E-state index in [1.54, 1.807) is 6.07 Å². The molecule has 3 heteroatoms.